The van der Waals surface area contributed by atoms with E-state index < -0.39 is 0 Å². The SMILES string of the molecule is CC(C)(C)NC(=O)Nc1cnn([C@H]2CCOC2)c1. The highest BCUT2D eigenvalue weighted by atomic mass is 16.5. The first-order chi connectivity index (χ1) is 8.44. The Balaban J connectivity index is 1.92. The molecule has 1 aromatic heterocycles. The molecule has 1 fully saturated rings. The van der Waals surface area contributed by atoms with Crippen LogP contribution in [0, 0.1) is 0 Å². The average molecular weight is 252 g/mol. The normalized spacial score (nSPS) is 19.8. The lowest BCUT2D eigenvalue weighted by molar-refractivity contribution is 0.184. The van der Waals surface area contributed by atoms with Gasteiger partial charge in [-0.25, -0.2) is 4.79 Å². The van der Waals surface area contributed by atoms with Gasteiger partial charge in [-0.1, -0.05) is 0 Å². The van der Waals surface area contributed by atoms with Crippen molar-refractivity contribution < 1.29 is 9.53 Å². The van der Waals surface area contributed by atoms with Gasteiger partial charge >= 0.3 is 6.03 Å². The predicted molar refractivity (Wildman–Crippen MR) is 68.6 cm³/mol. The lowest BCUT2D eigenvalue weighted by atomic mass is 10.1. The summed E-state index contributed by atoms with van der Waals surface area (Å²) in [7, 11) is 0. The molecule has 1 saturated heterocycles. The molecule has 0 aliphatic carbocycles. The zero-order valence-electron chi connectivity index (χ0n) is 11.1. The molecule has 0 saturated carbocycles. The Bertz CT molecular complexity index is 416. The number of nitrogens with zero attached hydrogens (tertiary/aromatic N) is 2. The molecule has 0 aromatic carbocycles. The molecule has 2 N–H and O–H groups in total. The molecule has 100 valence electrons. The van der Waals surface area contributed by atoms with Crippen molar-refractivity contribution >= 4 is 11.7 Å². The van der Waals surface area contributed by atoms with E-state index in [1.165, 1.54) is 0 Å². The molecule has 1 aliphatic rings. The van der Waals surface area contributed by atoms with Gasteiger partial charge in [-0.05, 0) is 27.2 Å². The van der Waals surface area contributed by atoms with E-state index in [0.717, 1.165) is 13.0 Å². The van der Waals surface area contributed by atoms with Crippen LogP contribution in [0.5, 0.6) is 0 Å². The second-order valence-corrected chi connectivity index (χ2v) is 5.56. The largest absolute Gasteiger partial charge is 0.379 e. The van der Waals surface area contributed by atoms with Gasteiger partial charge in [0.1, 0.15) is 0 Å². The van der Waals surface area contributed by atoms with E-state index in [0.29, 0.717) is 12.3 Å². The van der Waals surface area contributed by atoms with Gasteiger partial charge in [-0.15, -0.1) is 0 Å². The van der Waals surface area contributed by atoms with Crippen molar-refractivity contribution in [3.63, 3.8) is 0 Å². The summed E-state index contributed by atoms with van der Waals surface area (Å²) in [5, 5.41) is 9.84. The number of carbonyl (C=O) groups excluding carboxylic acids is 1. The zero-order chi connectivity index (χ0) is 13.2. The maximum Gasteiger partial charge on any atom is 0.319 e. The molecular weight excluding hydrogens is 232 g/mol. The Labute approximate surface area is 107 Å². The fraction of sp³-hybridized carbons (Fsp3) is 0.667. The van der Waals surface area contributed by atoms with E-state index >= 15 is 0 Å². The number of urea groups is 1. The fourth-order valence-corrected chi connectivity index (χ4v) is 1.84. The summed E-state index contributed by atoms with van der Waals surface area (Å²) >= 11 is 0. The Hall–Kier alpha value is -1.56. The number of hydrogen-bond donors (Lipinski definition) is 2. The molecule has 2 heterocycles. The summed E-state index contributed by atoms with van der Waals surface area (Å²) < 4.78 is 7.15. The van der Waals surface area contributed by atoms with Crippen molar-refractivity contribution in [2.24, 2.45) is 0 Å². The molecule has 0 unspecified atom stereocenters. The van der Waals surface area contributed by atoms with E-state index in [2.05, 4.69) is 15.7 Å². The molecule has 18 heavy (non-hydrogen) atoms. The molecule has 1 aromatic rings. The van der Waals surface area contributed by atoms with Crippen molar-refractivity contribution in [2.75, 3.05) is 18.5 Å². The lowest BCUT2D eigenvalue weighted by Crippen LogP contribution is -2.43. The minimum absolute atomic E-state index is 0.218. The van der Waals surface area contributed by atoms with E-state index in [4.69, 9.17) is 4.74 Å². The summed E-state index contributed by atoms with van der Waals surface area (Å²) in [6.45, 7) is 7.27. The molecule has 0 bridgehead atoms. The Morgan fingerprint density at radius 2 is 2.33 bits per heavy atom. The third-order valence-electron chi connectivity index (χ3n) is 2.63. The van der Waals surface area contributed by atoms with Crippen LogP contribution in [0.25, 0.3) is 0 Å². The van der Waals surface area contributed by atoms with Gasteiger partial charge in [-0.3, -0.25) is 4.68 Å². The first-order valence-corrected chi connectivity index (χ1v) is 6.15. The van der Waals surface area contributed by atoms with Crippen molar-refractivity contribution in [3.8, 4) is 0 Å². The Morgan fingerprint density at radius 3 is 2.94 bits per heavy atom. The summed E-state index contributed by atoms with van der Waals surface area (Å²) in [5.74, 6) is 0. The van der Waals surface area contributed by atoms with Crippen molar-refractivity contribution in [2.45, 2.75) is 38.8 Å². The van der Waals surface area contributed by atoms with Gasteiger partial charge < -0.3 is 15.4 Å². The quantitative estimate of drug-likeness (QED) is 0.842. The molecule has 2 rings (SSSR count). The van der Waals surface area contributed by atoms with Crippen LogP contribution in [0.1, 0.15) is 33.2 Å². The third-order valence-corrected chi connectivity index (χ3v) is 2.63. The first kappa shape index (κ1) is 12.9. The number of anilines is 1. The molecule has 1 atom stereocenters. The van der Waals surface area contributed by atoms with Gasteiger partial charge in [0.15, 0.2) is 0 Å². The minimum Gasteiger partial charge on any atom is -0.379 e. The standard InChI is InChI=1S/C12H20N4O2/c1-12(2,3)15-11(17)14-9-6-13-16(7-9)10-4-5-18-8-10/h6-7,10H,4-5,8H2,1-3H3,(H2,14,15,17)/t10-/m0/s1. The van der Waals surface area contributed by atoms with Crippen LogP contribution >= 0.6 is 0 Å². The average Bonchev–Trinajstić information content (AvgIpc) is 2.82. The van der Waals surface area contributed by atoms with Crippen LogP contribution in [-0.2, 0) is 4.74 Å². The van der Waals surface area contributed by atoms with Gasteiger partial charge in [0.05, 0.1) is 24.5 Å². The first-order valence-electron chi connectivity index (χ1n) is 6.15. The predicted octanol–water partition coefficient (Wildman–Crippen LogP) is 1.76. The third kappa shape index (κ3) is 3.46. The van der Waals surface area contributed by atoms with Crippen LogP contribution in [-0.4, -0.2) is 34.6 Å². The zero-order valence-corrected chi connectivity index (χ0v) is 11.1. The molecule has 2 amide bonds. The highest BCUT2D eigenvalue weighted by Gasteiger charge is 2.19. The van der Waals surface area contributed by atoms with Crippen molar-refractivity contribution in [1.29, 1.82) is 0 Å². The highest BCUT2D eigenvalue weighted by molar-refractivity contribution is 5.89. The van der Waals surface area contributed by atoms with E-state index in [1.54, 1.807) is 6.20 Å². The number of carbonyl (C=O) groups is 1. The molecule has 0 radical (unpaired) electrons. The van der Waals surface area contributed by atoms with Crippen molar-refractivity contribution in [3.05, 3.63) is 12.4 Å². The Morgan fingerprint density at radius 1 is 1.56 bits per heavy atom. The molecule has 1 aliphatic heterocycles. The van der Waals surface area contributed by atoms with E-state index in [9.17, 15) is 4.79 Å². The monoisotopic (exact) mass is 252 g/mol. The van der Waals surface area contributed by atoms with Crippen LogP contribution in [0.15, 0.2) is 12.4 Å². The molecule has 0 spiro atoms. The van der Waals surface area contributed by atoms with Crippen LogP contribution in [0.2, 0.25) is 0 Å². The van der Waals surface area contributed by atoms with E-state index in [-0.39, 0.29) is 17.6 Å². The van der Waals surface area contributed by atoms with E-state index in [1.807, 2.05) is 31.6 Å². The van der Waals surface area contributed by atoms with Crippen LogP contribution < -0.4 is 10.6 Å². The van der Waals surface area contributed by atoms with Gasteiger partial charge in [0.2, 0.25) is 0 Å². The number of ether oxygens (including phenoxy) is 1. The summed E-state index contributed by atoms with van der Waals surface area (Å²) in [6.07, 6.45) is 4.46. The molecular formula is C12H20N4O2. The number of hydrogen-bond acceptors (Lipinski definition) is 3. The number of nitrogens with one attached hydrogen (secondary N) is 2. The summed E-state index contributed by atoms with van der Waals surface area (Å²) in [5.41, 5.74) is 0.447. The number of rotatable bonds is 2. The fourth-order valence-electron chi connectivity index (χ4n) is 1.84. The summed E-state index contributed by atoms with van der Waals surface area (Å²) in [4.78, 5) is 11.7. The number of aromatic nitrogens is 2. The second-order valence-electron chi connectivity index (χ2n) is 5.56. The molecule has 6 heteroatoms. The lowest BCUT2D eigenvalue weighted by Gasteiger charge is -2.20. The Kier molecular flexibility index (Phi) is 3.56. The summed E-state index contributed by atoms with van der Waals surface area (Å²) in [6, 6.07) is 0.0657. The second kappa shape index (κ2) is 4.97. The van der Waals surface area contributed by atoms with Gasteiger partial charge in [0, 0.05) is 18.3 Å². The topological polar surface area (TPSA) is 68.2 Å². The smallest absolute Gasteiger partial charge is 0.319 e. The van der Waals surface area contributed by atoms with Crippen LogP contribution in [0.3, 0.4) is 0 Å². The molecule has 6 nitrogen and oxygen atoms in total. The van der Waals surface area contributed by atoms with Crippen LogP contribution in [0.4, 0.5) is 10.5 Å². The van der Waals surface area contributed by atoms with Gasteiger partial charge in [-0.2, -0.15) is 5.10 Å². The van der Waals surface area contributed by atoms with Gasteiger partial charge in [0.25, 0.3) is 0 Å². The van der Waals surface area contributed by atoms with Crippen molar-refractivity contribution in [1.82, 2.24) is 15.1 Å². The highest BCUT2D eigenvalue weighted by Crippen LogP contribution is 2.19. The minimum atomic E-state index is -0.251. The maximum absolute atomic E-state index is 11.7. The maximum atomic E-state index is 11.7. The number of amides is 2.